The van der Waals surface area contributed by atoms with E-state index in [0.717, 1.165) is 113 Å². The molecule has 85 heavy (non-hydrogen) atoms. The third-order valence-electron chi connectivity index (χ3n) is 12.8. The third kappa shape index (κ3) is 13.6. The fourth-order valence-corrected chi connectivity index (χ4v) is 8.81. The quantitative estimate of drug-likeness (QED) is 0.0513. The molecule has 0 aliphatic rings. The van der Waals surface area contributed by atoms with Crippen LogP contribution in [0.25, 0.3) is 54.7 Å². The van der Waals surface area contributed by atoms with Crippen LogP contribution in [0.5, 0.6) is 0 Å². The minimum atomic E-state index is 0.524. The van der Waals surface area contributed by atoms with Crippen LogP contribution in [-0.2, 0) is 0 Å². The Labute approximate surface area is 485 Å². The number of nitrogens with one attached hydrogen (secondary N) is 10. The maximum absolute atomic E-state index is 4.69. The van der Waals surface area contributed by atoms with Crippen molar-refractivity contribution < 1.29 is 0 Å². The topological polar surface area (TPSA) is 290 Å². The Bertz CT molecular complexity index is 4570. The molecule has 0 fully saturated rings. The molecule has 22 nitrogen and oxygen atoms in total. The van der Waals surface area contributed by atoms with Gasteiger partial charge in [-0.25, -0.2) is 29.9 Å². The van der Waals surface area contributed by atoms with Crippen molar-refractivity contribution in [2.45, 2.75) is 6.92 Å². The second kappa shape index (κ2) is 25.8. The smallest absolute Gasteiger partial charge is 0.229 e. The van der Waals surface area contributed by atoms with E-state index in [0.29, 0.717) is 17.7 Å². The molecule has 10 N–H and O–H groups in total. The van der Waals surface area contributed by atoms with Crippen molar-refractivity contribution in [3.63, 3.8) is 0 Å². The average Bonchev–Trinajstić information content (AvgIpc) is 4.59. The van der Waals surface area contributed by atoms with E-state index in [2.05, 4.69) is 132 Å². The van der Waals surface area contributed by atoms with Crippen molar-refractivity contribution in [3.8, 4) is 11.1 Å². The zero-order chi connectivity index (χ0) is 57.4. The third-order valence-corrected chi connectivity index (χ3v) is 12.8. The second-order valence-electron chi connectivity index (χ2n) is 18.7. The molecular formula is C63H52N22. The number of anilines is 12. The number of aromatic nitrogens is 16. The summed E-state index contributed by atoms with van der Waals surface area (Å²) in [7, 11) is 0. The molecule has 7 aromatic carbocycles. The number of nitrogens with zero attached hydrogens (tertiary/aromatic N) is 12. The molecule has 8 heterocycles. The van der Waals surface area contributed by atoms with E-state index in [4.69, 9.17) is 4.98 Å². The first-order valence-corrected chi connectivity index (χ1v) is 26.8. The van der Waals surface area contributed by atoms with Crippen LogP contribution in [0, 0.1) is 6.92 Å². The van der Waals surface area contributed by atoms with E-state index in [-0.39, 0.29) is 0 Å². The van der Waals surface area contributed by atoms with Crippen LogP contribution in [0.2, 0.25) is 0 Å². The van der Waals surface area contributed by atoms with E-state index in [1.807, 2.05) is 189 Å². The lowest BCUT2D eigenvalue weighted by Gasteiger charge is -2.12. The summed E-state index contributed by atoms with van der Waals surface area (Å²) in [6.45, 7) is 1.95. The molecule has 22 heteroatoms. The van der Waals surface area contributed by atoms with Crippen LogP contribution < -0.4 is 31.9 Å². The monoisotopic (exact) mass is 1120 g/mol. The number of benzene rings is 7. The summed E-state index contributed by atoms with van der Waals surface area (Å²) >= 11 is 0. The van der Waals surface area contributed by atoms with Crippen molar-refractivity contribution in [2.75, 3.05) is 31.9 Å². The molecule has 15 aromatic rings. The lowest BCUT2D eigenvalue weighted by atomic mass is 10.1. The summed E-state index contributed by atoms with van der Waals surface area (Å²) in [5.41, 5.74) is 8.71. The molecule has 8 aromatic heterocycles. The second-order valence-corrected chi connectivity index (χ2v) is 18.7. The van der Waals surface area contributed by atoms with E-state index in [1.54, 1.807) is 31.2 Å². The van der Waals surface area contributed by atoms with Crippen LogP contribution in [-0.4, -0.2) is 80.7 Å². The van der Waals surface area contributed by atoms with Crippen LogP contribution in [0.4, 0.5) is 69.8 Å². The summed E-state index contributed by atoms with van der Waals surface area (Å²) in [6.07, 6.45) is 8.16. The molecule has 0 unspecified atom stereocenters. The molecule has 0 spiro atoms. The van der Waals surface area contributed by atoms with Gasteiger partial charge in [-0.05, 0) is 90.8 Å². The molecule has 15 rings (SSSR count). The van der Waals surface area contributed by atoms with Crippen molar-refractivity contribution in [1.82, 2.24) is 80.7 Å². The van der Waals surface area contributed by atoms with Gasteiger partial charge < -0.3 is 31.9 Å². The van der Waals surface area contributed by atoms with Gasteiger partial charge >= 0.3 is 0 Å². The summed E-state index contributed by atoms with van der Waals surface area (Å²) in [4.78, 5) is 35.4. The molecule has 0 aliphatic heterocycles. The molecular weight excluding hydrogens is 1060 g/mol. The molecule has 0 aliphatic carbocycles. The highest BCUT2D eigenvalue weighted by molar-refractivity contribution is 5.94. The van der Waals surface area contributed by atoms with E-state index in [1.165, 1.54) is 0 Å². The number of rotatable bonds is 13. The summed E-state index contributed by atoms with van der Waals surface area (Å²) in [5.74, 6) is 7.14. The lowest BCUT2D eigenvalue weighted by molar-refractivity contribution is 1.05. The molecule has 0 bridgehead atoms. The number of hydrogen-bond acceptors (Lipinski definition) is 18. The van der Waals surface area contributed by atoms with Crippen molar-refractivity contribution in [1.29, 1.82) is 0 Å². The predicted molar refractivity (Wildman–Crippen MR) is 335 cm³/mol. The van der Waals surface area contributed by atoms with E-state index < -0.39 is 0 Å². The maximum Gasteiger partial charge on any atom is 0.229 e. The van der Waals surface area contributed by atoms with Gasteiger partial charge in [0, 0.05) is 62.9 Å². The van der Waals surface area contributed by atoms with Crippen molar-refractivity contribution in [2.24, 2.45) is 0 Å². The number of aryl methyl sites for hydroxylation is 1. The van der Waals surface area contributed by atoms with Crippen LogP contribution >= 0.6 is 0 Å². The number of fused-ring (bicyclic) bond motifs is 4. The Hall–Kier alpha value is -12.5. The Morgan fingerprint density at radius 2 is 0.741 bits per heavy atom. The molecule has 0 saturated carbocycles. The number of aromatic amines is 4. The Morgan fingerprint density at radius 1 is 0.318 bits per heavy atom. The van der Waals surface area contributed by atoms with Gasteiger partial charge in [-0.15, -0.1) is 0 Å². The fourth-order valence-electron chi connectivity index (χ4n) is 8.81. The lowest BCUT2D eigenvalue weighted by Crippen LogP contribution is -2.02. The van der Waals surface area contributed by atoms with Gasteiger partial charge in [0.1, 0.15) is 53.4 Å². The predicted octanol–water partition coefficient (Wildman–Crippen LogP) is 13.8. The van der Waals surface area contributed by atoms with Gasteiger partial charge in [0.05, 0.1) is 40.7 Å². The van der Waals surface area contributed by atoms with Crippen LogP contribution in [0.3, 0.4) is 0 Å². The largest absolute Gasteiger partial charge is 0.325 e. The minimum Gasteiger partial charge on any atom is -0.325 e. The minimum absolute atomic E-state index is 0.524. The Balaban J connectivity index is 0.000000114. The van der Waals surface area contributed by atoms with Crippen LogP contribution in [0.15, 0.2) is 238 Å². The molecule has 414 valence electrons. The van der Waals surface area contributed by atoms with Crippen molar-refractivity contribution in [3.05, 3.63) is 243 Å². The number of H-pyrrole nitrogens is 4. The average molecular weight is 1120 g/mol. The summed E-state index contributed by atoms with van der Waals surface area (Å²) < 4.78 is 0. The highest BCUT2D eigenvalue weighted by atomic mass is 15.2. The van der Waals surface area contributed by atoms with Crippen molar-refractivity contribution >= 4 is 113 Å². The first kappa shape index (κ1) is 53.2. The van der Waals surface area contributed by atoms with Gasteiger partial charge in [0.25, 0.3) is 0 Å². The maximum atomic E-state index is 4.69. The standard InChI is InChI=1S/C23H18N6.C17H14N6.C12H11N5.C11H9N5/c1-2-7-16(8-3-1)17-9-6-10-18(15-17)25-23-26-20-12-5-4-11-19(20)22(28-23)27-21-13-14-24-29-21;1-2-6-12(7-3-1)19-17-20-14-9-5-4-8-13(14)16(22-17)21-15-10-11-18-23-15;1-8-6-11(17-16-8)15-12-9-4-2-3-5-10(9)13-7-14-12;1-2-4-9-8(3-1)11(13-7-12-9)15-10-5-6-14-16-10/h1-15H,(H3,24,25,26,27,28,29);1-11H,(H3,18,19,20,21,22,23);2-7H,1H3,(H2,13,14,15,16,17);1-7H,(H2,12,13,14,15,16). The van der Waals surface area contributed by atoms with Gasteiger partial charge in [0.15, 0.2) is 5.82 Å². The van der Waals surface area contributed by atoms with Gasteiger partial charge in [-0.3, -0.25) is 20.4 Å². The molecule has 0 atom stereocenters. The zero-order valence-electron chi connectivity index (χ0n) is 45.4. The van der Waals surface area contributed by atoms with Gasteiger partial charge in [0.2, 0.25) is 11.9 Å². The molecule has 0 amide bonds. The Kier molecular flexibility index (Phi) is 16.1. The highest BCUT2D eigenvalue weighted by Gasteiger charge is 2.12. The fraction of sp³-hybridized carbons (Fsp3) is 0.0159. The highest BCUT2D eigenvalue weighted by Crippen LogP contribution is 2.30. The SMILES string of the molecule is Cc1cc(Nc2ncnc3ccccc23)n[nH]1.c1ccc(-c2cccc(Nc3nc(Nc4ccn[nH]4)c4ccccc4n3)c2)cc1.c1ccc(Nc2nc(Nc3ccn[nH]3)c3ccccc3n2)cc1.c1ccc2c(Nc3ccn[nH]3)ncnc2c1. The number of para-hydroxylation sites is 5. The summed E-state index contributed by atoms with van der Waals surface area (Å²) in [6, 6.07) is 67.3. The normalized spacial score (nSPS) is 10.6. The van der Waals surface area contributed by atoms with Gasteiger partial charge in [-0.1, -0.05) is 109 Å². The first-order valence-electron chi connectivity index (χ1n) is 26.8. The van der Waals surface area contributed by atoms with Crippen LogP contribution in [0.1, 0.15) is 5.69 Å². The molecule has 0 radical (unpaired) electrons. The van der Waals surface area contributed by atoms with E-state index in [9.17, 15) is 0 Å². The van der Waals surface area contributed by atoms with E-state index >= 15 is 0 Å². The Morgan fingerprint density at radius 3 is 1.24 bits per heavy atom. The number of hydrogen-bond donors (Lipinski definition) is 10. The van der Waals surface area contributed by atoms with Gasteiger partial charge in [-0.2, -0.15) is 30.4 Å². The molecule has 0 saturated heterocycles. The summed E-state index contributed by atoms with van der Waals surface area (Å²) in [5, 5.41) is 50.7. The first-order chi connectivity index (χ1) is 42.0. The zero-order valence-corrected chi connectivity index (χ0v) is 45.4.